The maximum atomic E-state index is 11.9. The molecule has 0 atom stereocenters. The summed E-state index contributed by atoms with van der Waals surface area (Å²) in [6, 6.07) is 0.178. The van der Waals surface area contributed by atoms with Crippen molar-refractivity contribution in [1.29, 1.82) is 0 Å². The second kappa shape index (κ2) is 6.31. The lowest BCUT2D eigenvalue weighted by Gasteiger charge is -2.26. The highest BCUT2D eigenvalue weighted by Crippen LogP contribution is 2.27. The molecule has 0 unspecified atom stereocenters. The Labute approximate surface area is 129 Å². The van der Waals surface area contributed by atoms with Crippen LogP contribution < -0.4 is 14.4 Å². The van der Waals surface area contributed by atoms with E-state index in [1.165, 1.54) is 7.11 Å². The van der Waals surface area contributed by atoms with Gasteiger partial charge in [-0.1, -0.05) is 0 Å². The first-order valence-electron chi connectivity index (χ1n) is 7.18. The molecule has 0 aromatic carbocycles. The molecule has 122 valence electrons. The zero-order valence-corrected chi connectivity index (χ0v) is 13.2. The highest BCUT2D eigenvalue weighted by Gasteiger charge is 2.35. The zero-order chi connectivity index (χ0) is 15.6. The summed E-state index contributed by atoms with van der Waals surface area (Å²) in [6.45, 7) is 2.62. The Hall–Kier alpha value is -1.52. The lowest BCUT2D eigenvalue weighted by Crippen LogP contribution is -2.38. The molecule has 10 heteroatoms. The van der Waals surface area contributed by atoms with Crippen molar-refractivity contribution in [3.05, 3.63) is 5.82 Å². The van der Waals surface area contributed by atoms with Crippen molar-refractivity contribution >= 4 is 16.0 Å². The number of morpholine rings is 1. The second-order valence-corrected chi connectivity index (χ2v) is 7.25. The minimum absolute atomic E-state index is 0.0368. The van der Waals surface area contributed by atoms with Gasteiger partial charge in [0.15, 0.2) is 5.82 Å². The number of sulfonamides is 1. The minimum Gasteiger partial charge on any atom is -0.467 e. The van der Waals surface area contributed by atoms with E-state index in [2.05, 4.69) is 19.7 Å². The molecule has 3 rings (SSSR count). The molecule has 1 saturated heterocycles. The van der Waals surface area contributed by atoms with Gasteiger partial charge in [-0.05, 0) is 12.8 Å². The standard InChI is InChI=1S/C12H19N5O4S/c1-20-12-15-10(8-13-22(18,19)9-2-3-9)14-11(16-12)17-4-6-21-7-5-17/h9,13H,2-8H2,1H3. The summed E-state index contributed by atoms with van der Waals surface area (Å²) in [6.07, 6.45) is 1.43. The molecule has 0 spiro atoms. The first-order valence-corrected chi connectivity index (χ1v) is 8.73. The Morgan fingerprint density at radius 1 is 1.27 bits per heavy atom. The molecule has 9 nitrogen and oxygen atoms in total. The van der Waals surface area contributed by atoms with Crippen molar-refractivity contribution < 1.29 is 17.9 Å². The number of anilines is 1. The van der Waals surface area contributed by atoms with E-state index >= 15 is 0 Å². The van der Waals surface area contributed by atoms with Gasteiger partial charge in [-0.3, -0.25) is 0 Å². The molecule has 1 aliphatic carbocycles. The first-order chi connectivity index (χ1) is 10.6. The highest BCUT2D eigenvalue weighted by molar-refractivity contribution is 7.90. The van der Waals surface area contributed by atoms with E-state index in [1.54, 1.807) is 0 Å². The van der Waals surface area contributed by atoms with Crippen LogP contribution in [0.4, 0.5) is 5.95 Å². The monoisotopic (exact) mass is 329 g/mol. The summed E-state index contributed by atoms with van der Waals surface area (Å²) >= 11 is 0. The van der Waals surface area contributed by atoms with Crippen molar-refractivity contribution in [2.24, 2.45) is 0 Å². The Morgan fingerprint density at radius 2 is 2.00 bits per heavy atom. The molecule has 0 radical (unpaired) electrons. The molecule has 0 bridgehead atoms. The van der Waals surface area contributed by atoms with Crippen molar-refractivity contribution in [3.63, 3.8) is 0 Å². The van der Waals surface area contributed by atoms with Gasteiger partial charge in [0.1, 0.15) is 0 Å². The van der Waals surface area contributed by atoms with E-state index in [-0.39, 0.29) is 17.8 Å². The molecule has 22 heavy (non-hydrogen) atoms. The van der Waals surface area contributed by atoms with Gasteiger partial charge in [0.2, 0.25) is 16.0 Å². The smallest absolute Gasteiger partial charge is 0.321 e. The van der Waals surface area contributed by atoms with Crippen molar-refractivity contribution in [2.45, 2.75) is 24.6 Å². The van der Waals surface area contributed by atoms with Gasteiger partial charge in [-0.25, -0.2) is 13.1 Å². The van der Waals surface area contributed by atoms with Crippen LogP contribution in [0.1, 0.15) is 18.7 Å². The average molecular weight is 329 g/mol. The van der Waals surface area contributed by atoms with E-state index in [9.17, 15) is 8.42 Å². The number of aromatic nitrogens is 3. The molecule has 1 aromatic rings. The third-order valence-electron chi connectivity index (χ3n) is 3.52. The normalized spacial score (nSPS) is 19.2. The molecule has 2 aliphatic rings. The number of nitrogens with zero attached hydrogens (tertiary/aromatic N) is 4. The van der Waals surface area contributed by atoms with Gasteiger partial charge in [-0.2, -0.15) is 15.0 Å². The molecule has 2 heterocycles. The van der Waals surface area contributed by atoms with Crippen LogP contribution in [0.5, 0.6) is 6.01 Å². The maximum Gasteiger partial charge on any atom is 0.321 e. The van der Waals surface area contributed by atoms with Gasteiger partial charge < -0.3 is 14.4 Å². The number of hydrogen-bond donors (Lipinski definition) is 1. The Bertz CT molecular complexity index is 628. The Balaban J connectivity index is 1.74. The highest BCUT2D eigenvalue weighted by atomic mass is 32.2. The van der Waals surface area contributed by atoms with Gasteiger partial charge in [-0.15, -0.1) is 0 Å². The van der Waals surface area contributed by atoms with Crippen LogP contribution >= 0.6 is 0 Å². The molecular weight excluding hydrogens is 310 g/mol. The Kier molecular flexibility index (Phi) is 4.41. The Morgan fingerprint density at radius 3 is 2.64 bits per heavy atom. The van der Waals surface area contributed by atoms with E-state index < -0.39 is 10.0 Å². The van der Waals surface area contributed by atoms with E-state index in [4.69, 9.17) is 9.47 Å². The number of methoxy groups -OCH3 is 1. The fourth-order valence-electron chi connectivity index (χ4n) is 2.12. The molecule has 1 saturated carbocycles. The zero-order valence-electron chi connectivity index (χ0n) is 12.4. The van der Waals surface area contributed by atoms with Crippen LogP contribution in [0.2, 0.25) is 0 Å². The summed E-state index contributed by atoms with van der Waals surface area (Å²) in [7, 11) is -1.80. The predicted octanol–water partition coefficient (Wildman–Crippen LogP) is -0.701. The first kappa shape index (κ1) is 15.4. The summed E-state index contributed by atoms with van der Waals surface area (Å²) in [5.74, 6) is 0.827. The topological polar surface area (TPSA) is 107 Å². The van der Waals surface area contributed by atoms with E-state index in [1.807, 2.05) is 4.90 Å². The second-order valence-electron chi connectivity index (χ2n) is 5.20. The van der Waals surface area contributed by atoms with E-state index in [0.29, 0.717) is 38.1 Å². The number of rotatable bonds is 6. The number of hydrogen-bond acceptors (Lipinski definition) is 8. The molecule has 2 fully saturated rings. The third-order valence-corrected chi connectivity index (χ3v) is 5.42. The van der Waals surface area contributed by atoms with Crippen LogP contribution in [0.3, 0.4) is 0 Å². The summed E-state index contributed by atoms with van der Waals surface area (Å²) in [5.41, 5.74) is 0. The van der Waals surface area contributed by atoms with Crippen LogP contribution in [-0.4, -0.2) is 62.0 Å². The summed E-state index contributed by atoms with van der Waals surface area (Å²) < 4.78 is 36.7. The van der Waals surface area contributed by atoms with Gasteiger partial charge >= 0.3 is 6.01 Å². The van der Waals surface area contributed by atoms with Crippen LogP contribution in [0, 0.1) is 0 Å². The molecular formula is C12H19N5O4S. The van der Waals surface area contributed by atoms with Gasteiger partial charge in [0, 0.05) is 13.1 Å². The van der Waals surface area contributed by atoms with Gasteiger partial charge in [0.05, 0.1) is 32.1 Å². The van der Waals surface area contributed by atoms with Crippen LogP contribution in [-0.2, 0) is 21.3 Å². The molecule has 1 N–H and O–H groups in total. The summed E-state index contributed by atoms with van der Waals surface area (Å²) in [5, 5.41) is -0.269. The van der Waals surface area contributed by atoms with Crippen LogP contribution in [0.25, 0.3) is 0 Å². The predicted molar refractivity (Wildman–Crippen MR) is 78.2 cm³/mol. The summed E-state index contributed by atoms with van der Waals surface area (Å²) in [4.78, 5) is 14.6. The van der Waals surface area contributed by atoms with Gasteiger partial charge in [0.25, 0.3) is 0 Å². The average Bonchev–Trinajstić information content (AvgIpc) is 3.39. The van der Waals surface area contributed by atoms with Crippen molar-refractivity contribution in [3.8, 4) is 6.01 Å². The number of nitrogens with one attached hydrogen (secondary N) is 1. The fraction of sp³-hybridized carbons (Fsp3) is 0.750. The molecule has 0 amide bonds. The van der Waals surface area contributed by atoms with Crippen molar-refractivity contribution in [1.82, 2.24) is 19.7 Å². The largest absolute Gasteiger partial charge is 0.467 e. The van der Waals surface area contributed by atoms with E-state index in [0.717, 1.165) is 12.8 Å². The fourth-order valence-corrected chi connectivity index (χ4v) is 3.45. The van der Waals surface area contributed by atoms with Crippen molar-refractivity contribution in [2.75, 3.05) is 38.3 Å². The minimum atomic E-state index is -3.27. The maximum absolute atomic E-state index is 11.9. The molecule has 1 aromatic heterocycles. The molecule has 1 aliphatic heterocycles. The SMILES string of the molecule is COc1nc(CNS(=O)(=O)C2CC2)nc(N2CCOCC2)n1. The quantitative estimate of drug-likeness (QED) is 0.730. The number of ether oxygens (including phenoxy) is 2. The third kappa shape index (κ3) is 3.62. The lowest BCUT2D eigenvalue weighted by atomic mass is 10.4. The van der Waals surface area contributed by atoms with Crippen LogP contribution in [0.15, 0.2) is 0 Å². The lowest BCUT2D eigenvalue weighted by molar-refractivity contribution is 0.122.